The molecule has 1 fully saturated rings. The van der Waals surface area contributed by atoms with Crippen LogP contribution in [-0.4, -0.2) is 28.7 Å². The van der Waals surface area contributed by atoms with Crippen LogP contribution in [0.3, 0.4) is 0 Å². The molecule has 1 aromatic carbocycles. The Balaban J connectivity index is 1.98. The van der Waals surface area contributed by atoms with Crippen LogP contribution in [0.4, 0.5) is 19.0 Å². The van der Waals surface area contributed by atoms with Gasteiger partial charge in [-0.2, -0.15) is 23.5 Å². The van der Waals surface area contributed by atoms with Crippen LogP contribution in [0, 0.1) is 11.3 Å². The highest BCUT2D eigenvalue weighted by molar-refractivity contribution is 9.10. The van der Waals surface area contributed by atoms with Gasteiger partial charge in [0.2, 0.25) is 0 Å². The Labute approximate surface area is 150 Å². The molecule has 0 spiro atoms. The lowest BCUT2D eigenvalue weighted by atomic mass is 10.0. The normalized spacial score (nSPS) is 21.1. The van der Waals surface area contributed by atoms with Crippen molar-refractivity contribution in [2.45, 2.75) is 31.2 Å². The first kappa shape index (κ1) is 17.8. The number of halogens is 4. The van der Waals surface area contributed by atoms with Gasteiger partial charge in [-0.3, -0.25) is 0 Å². The van der Waals surface area contributed by atoms with Gasteiger partial charge < -0.3 is 10.5 Å². The molecule has 2 heterocycles. The van der Waals surface area contributed by atoms with Gasteiger partial charge >= 0.3 is 6.18 Å². The van der Waals surface area contributed by atoms with Crippen molar-refractivity contribution in [3.05, 3.63) is 34.3 Å². The molecule has 3 rings (SSSR count). The Hall–Kier alpha value is -2.05. The van der Waals surface area contributed by atoms with Gasteiger partial charge in [-0.05, 0) is 18.6 Å². The first-order valence-electron chi connectivity index (χ1n) is 7.53. The van der Waals surface area contributed by atoms with Gasteiger partial charge in [0.25, 0.3) is 0 Å². The number of nitriles is 1. The number of rotatable bonds is 2. The fourth-order valence-electron chi connectivity index (χ4n) is 2.88. The molecular formula is C16H14BrF3N4O. The maximum absolute atomic E-state index is 12.9. The molecule has 0 aliphatic carbocycles. The molecule has 2 aromatic rings. The molecule has 1 saturated heterocycles. The average molecular weight is 415 g/mol. The average Bonchev–Trinajstić information content (AvgIpc) is 2.91. The predicted octanol–water partition coefficient (Wildman–Crippen LogP) is 4.05. The van der Waals surface area contributed by atoms with Crippen molar-refractivity contribution in [2.75, 3.05) is 12.3 Å². The lowest BCUT2D eigenvalue weighted by Gasteiger charge is -2.31. The van der Waals surface area contributed by atoms with E-state index in [1.54, 1.807) is 24.3 Å². The Morgan fingerprint density at radius 1 is 1.32 bits per heavy atom. The number of nitrogens with two attached hydrogens (primary N) is 1. The van der Waals surface area contributed by atoms with Crippen LogP contribution in [-0.2, 0) is 4.74 Å². The number of anilines is 1. The van der Waals surface area contributed by atoms with Gasteiger partial charge in [0.05, 0.1) is 6.04 Å². The minimum atomic E-state index is -4.44. The van der Waals surface area contributed by atoms with Crippen molar-refractivity contribution >= 4 is 21.7 Å². The molecule has 9 heteroatoms. The number of ether oxygens (including phenoxy) is 1. The first-order valence-corrected chi connectivity index (χ1v) is 8.33. The van der Waals surface area contributed by atoms with Crippen LogP contribution in [0.5, 0.6) is 0 Å². The summed E-state index contributed by atoms with van der Waals surface area (Å²) < 4.78 is 45.8. The molecule has 5 nitrogen and oxygen atoms in total. The molecule has 0 saturated carbocycles. The third-order valence-electron chi connectivity index (χ3n) is 4.14. The summed E-state index contributed by atoms with van der Waals surface area (Å²) in [5, 5.41) is 13.8. The highest BCUT2D eigenvalue weighted by Crippen LogP contribution is 2.37. The second-order valence-corrected chi connectivity index (χ2v) is 6.67. The lowest BCUT2D eigenvalue weighted by Crippen LogP contribution is -2.38. The molecule has 1 aromatic heterocycles. The standard InChI is InChI=1S/C16H14BrF3N4O/c17-10-3-1-9(2-4-10)14-12(8-21)15(22)24(23-14)11-5-6-25-13(7-11)16(18,19)20/h1-4,11,13H,5-7,22H2. The van der Waals surface area contributed by atoms with E-state index in [-0.39, 0.29) is 24.4 Å². The van der Waals surface area contributed by atoms with Crippen molar-refractivity contribution in [3.8, 4) is 17.3 Å². The zero-order valence-electron chi connectivity index (χ0n) is 12.9. The highest BCUT2D eigenvalue weighted by Gasteiger charge is 2.44. The van der Waals surface area contributed by atoms with E-state index < -0.39 is 18.3 Å². The van der Waals surface area contributed by atoms with E-state index in [1.165, 1.54) is 4.68 Å². The van der Waals surface area contributed by atoms with E-state index in [4.69, 9.17) is 10.5 Å². The van der Waals surface area contributed by atoms with Crippen molar-refractivity contribution < 1.29 is 17.9 Å². The first-order chi connectivity index (χ1) is 11.8. The molecule has 25 heavy (non-hydrogen) atoms. The predicted molar refractivity (Wildman–Crippen MR) is 88.6 cm³/mol. The number of nitrogen functional groups attached to an aromatic ring is 1. The molecule has 2 atom stereocenters. The highest BCUT2D eigenvalue weighted by atomic mass is 79.9. The summed E-state index contributed by atoms with van der Waals surface area (Å²) in [6, 6.07) is 8.54. The molecule has 0 radical (unpaired) electrons. The number of alkyl halides is 3. The number of aromatic nitrogens is 2. The summed E-state index contributed by atoms with van der Waals surface area (Å²) in [4.78, 5) is 0. The maximum Gasteiger partial charge on any atom is 0.414 e. The Kier molecular flexibility index (Phi) is 4.75. The summed E-state index contributed by atoms with van der Waals surface area (Å²) in [6.45, 7) is -0.0380. The van der Waals surface area contributed by atoms with Crippen molar-refractivity contribution in [1.82, 2.24) is 9.78 Å². The quantitative estimate of drug-likeness (QED) is 0.803. The Bertz CT molecular complexity index is 811. The van der Waals surface area contributed by atoms with E-state index in [2.05, 4.69) is 21.0 Å². The van der Waals surface area contributed by atoms with Crippen LogP contribution < -0.4 is 5.73 Å². The molecule has 1 aliphatic heterocycles. The zero-order valence-corrected chi connectivity index (χ0v) is 14.5. The number of hydrogen-bond acceptors (Lipinski definition) is 4. The van der Waals surface area contributed by atoms with Gasteiger partial charge in [-0.25, -0.2) is 4.68 Å². The van der Waals surface area contributed by atoms with Gasteiger partial charge in [0.1, 0.15) is 23.1 Å². The molecule has 2 N–H and O–H groups in total. The van der Waals surface area contributed by atoms with Gasteiger partial charge in [-0.15, -0.1) is 0 Å². The Morgan fingerprint density at radius 2 is 2.00 bits per heavy atom. The summed E-state index contributed by atoms with van der Waals surface area (Å²) in [7, 11) is 0. The van der Waals surface area contributed by atoms with E-state index in [0.29, 0.717) is 17.7 Å². The molecule has 1 aliphatic rings. The van der Waals surface area contributed by atoms with Crippen LogP contribution in [0.2, 0.25) is 0 Å². The third kappa shape index (κ3) is 3.50. The molecule has 0 amide bonds. The third-order valence-corrected chi connectivity index (χ3v) is 4.67. The second kappa shape index (κ2) is 6.69. The van der Waals surface area contributed by atoms with E-state index in [1.807, 2.05) is 6.07 Å². The van der Waals surface area contributed by atoms with Crippen LogP contribution in [0.15, 0.2) is 28.7 Å². The maximum atomic E-state index is 12.9. The number of benzene rings is 1. The molecule has 132 valence electrons. The lowest BCUT2D eigenvalue weighted by molar-refractivity contribution is -0.234. The van der Waals surface area contributed by atoms with Crippen LogP contribution in [0.1, 0.15) is 24.4 Å². The second-order valence-electron chi connectivity index (χ2n) is 5.75. The van der Waals surface area contributed by atoms with Crippen molar-refractivity contribution in [1.29, 1.82) is 5.26 Å². The smallest absolute Gasteiger partial charge is 0.383 e. The fourth-order valence-corrected chi connectivity index (χ4v) is 3.14. The molecule has 0 bridgehead atoms. The van der Waals surface area contributed by atoms with Gasteiger partial charge in [-0.1, -0.05) is 28.1 Å². The monoisotopic (exact) mass is 414 g/mol. The van der Waals surface area contributed by atoms with E-state index in [9.17, 15) is 18.4 Å². The zero-order chi connectivity index (χ0) is 18.2. The molecule has 2 unspecified atom stereocenters. The van der Waals surface area contributed by atoms with Crippen LogP contribution in [0.25, 0.3) is 11.3 Å². The summed E-state index contributed by atoms with van der Waals surface area (Å²) in [6.07, 6.45) is -6.22. The van der Waals surface area contributed by atoms with Crippen molar-refractivity contribution in [2.24, 2.45) is 0 Å². The topological polar surface area (TPSA) is 76.9 Å². The summed E-state index contributed by atoms with van der Waals surface area (Å²) >= 11 is 3.33. The number of hydrogen-bond donors (Lipinski definition) is 1. The largest absolute Gasteiger partial charge is 0.414 e. The number of nitrogens with zero attached hydrogens (tertiary/aromatic N) is 3. The SMILES string of the molecule is N#Cc1c(-c2ccc(Br)cc2)nn(C2CCOC(C(F)(F)F)C2)c1N. The van der Waals surface area contributed by atoms with Gasteiger partial charge in [0.15, 0.2) is 6.10 Å². The fraction of sp³-hybridized carbons (Fsp3) is 0.375. The Morgan fingerprint density at radius 3 is 2.60 bits per heavy atom. The van der Waals surface area contributed by atoms with E-state index in [0.717, 1.165) is 4.47 Å². The van der Waals surface area contributed by atoms with Crippen LogP contribution >= 0.6 is 15.9 Å². The minimum Gasteiger partial charge on any atom is -0.383 e. The summed E-state index contributed by atoms with van der Waals surface area (Å²) in [5.74, 6) is 0.0771. The van der Waals surface area contributed by atoms with E-state index >= 15 is 0 Å². The van der Waals surface area contributed by atoms with Crippen molar-refractivity contribution in [3.63, 3.8) is 0 Å². The minimum absolute atomic E-state index is 0.0380. The summed E-state index contributed by atoms with van der Waals surface area (Å²) in [5.41, 5.74) is 7.21. The van der Waals surface area contributed by atoms with Gasteiger partial charge in [0, 0.05) is 23.1 Å². The molecular weight excluding hydrogens is 401 g/mol.